The van der Waals surface area contributed by atoms with Gasteiger partial charge in [0.05, 0.1) is 0 Å². The quantitative estimate of drug-likeness (QED) is 0.749. The summed E-state index contributed by atoms with van der Waals surface area (Å²) in [6.45, 7) is 9.66. The van der Waals surface area contributed by atoms with E-state index in [9.17, 15) is 4.39 Å². The van der Waals surface area contributed by atoms with Crippen LogP contribution < -0.4 is 10.1 Å². The topological polar surface area (TPSA) is 21.3 Å². The molecule has 1 aromatic rings. The molecule has 88 valence electrons. The van der Waals surface area contributed by atoms with Crippen molar-refractivity contribution < 1.29 is 9.13 Å². The fourth-order valence-corrected chi connectivity index (χ4v) is 1.20. The summed E-state index contributed by atoms with van der Waals surface area (Å²) in [6.07, 6.45) is 0. The third-order valence-corrected chi connectivity index (χ3v) is 2.21. The van der Waals surface area contributed by atoms with Crippen LogP contribution in [0.1, 0.15) is 12.5 Å². The number of nitrogens with one attached hydrogen (secondary N) is 1. The molecule has 0 radical (unpaired) electrons. The lowest BCUT2D eigenvalue weighted by atomic mass is 10.2. The number of ether oxygens (including phenoxy) is 1. The van der Waals surface area contributed by atoms with Crippen LogP contribution in [0.5, 0.6) is 5.75 Å². The third-order valence-electron chi connectivity index (χ3n) is 2.21. The largest absolute Gasteiger partial charge is 0.489 e. The van der Waals surface area contributed by atoms with E-state index >= 15 is 0 Å². The first-order valence-electron chi connectivity index (χ1n) is 5.39. The molecule has 0 atom stereocenters. The predicted octanol–water partition coefficient (Wildman–Crippen LogP) is 2.68. The zero-order chi connectivity index (χ0) is 12.0. The second kappa shape index (κ2) is 6.28. The van der Waals surface area contributed by atoms with Crippen molar-refractivity contribution in [2.24, 2.45) is 0 Å². The third kappa shape index (κ3) is 4.03. The van der Waals surface area contributed by atoms with Crippen LogP contribution in [-0.2, 0) is 0 Å². The van der Waals surface area contributed by atoms with Crippen molar-refractivity contribution in [2.75, 3.05) is 19.7 Å². The average molecular weight is 223 g/mol. The second-order valence-corrected chi connectivity index (χ2v) is 3.73. The van der Waals surface area contributed by atoms with E-state index in [1.165, 1.54) is 6.07 Å². The van der Waals surface area contributed by atoms with Gasteiger partial charge in [-0.1, -0.05) is 19.6 Å². The van der Waals surface area contributed by atoms with Crippen LogP contribution in [0.4, 0.5) is 4.39 Å². The fraction of sp³-hybridized carbons (Fsp3) is 0.385. The zero-order valence-corrected chi connectivity index (χ0v) is 9.85. The van der Waals surface area contributed by atoms with Crippen molar-refractivity contribution >= 4 is 0 Å². The van der Waals surface area contributed by atoms with E-state index in [0.29, 0.717) is 17.9 Å². The summed E-state index contributed by atoms with van der Waals surface area (Å²) in [6, 6.07) is 4.87. The van der Waals surface area contributed by atoms with Gasteiger partial charge in [-0.05, 0) is 30.7 Å². The maximum Gasteiger partial charge on any atom is 0.129 e. The highest BCUT2D eigenvalue weighted by molar-refractivity contribution is 5.28. The molecule has 0 heterocycles. The molecule has 0 bridgehead atoms. The van der Waals surface area contributed by atoms with Gasteiger partial charge in [0.2, 0.25) is 0 Å². The molecule has 0 aliphatic heterocycles. The Balaban J connectivity index is 2.42. The minimum Gasteiger partial charge on any atom is -0.489 e. The van der Waals surface area contributed by atoms with E-state index in [2.05, 4.69) is 11.9 Å². The molecule has 0 aromatic heterocycles. The minimum absolute atomic E-state index is 0.241. The number of benzene rings is 1. The molecule has 1 aromatic carbocycles. The second-order valence-electron chi connectivity index (χ2n) is 3.73. The highest BCUT2D eigenvalue weighted by Crippen LogP contribution is 2.16. The van der Waals surface area contributed by atoms with Gasteiger partial charge in [0.25, 0.3) is 0 Å². The van der Waals surface area contributed by atoms with Crippen molar-refractivity contribution in [3.8, 4) is 5.75 Å². The number of hydrogen-bond acceptors (Lipinski definition) is 2. The molecule has 0 aliphatic rings. The van der Waals surface area contributed by atoms with Gasteiger partial charge in [-0.25, -0.2) is 4.39 Å². The summed E-state index contributed by atoms with van der Waals surface area (Å²) in [4.78, 5) is 0. The molecule has 3 heteroatoms. The summed E-state index contributed by atoms with van der Waals surface area (Å²) in [5.74, 6) is 0.301. The predicted molar refractivity (Wildman–Crippen MR) is 64.3 cm³/mol. The normalized spacial score (nSPS) is 10.2. The maximum absolute atomic E-state index is 13.2. The zero-order valence-electron chi connectivity index (χ0n) is 9.85. The molecule has 1 N–H and O–H groups in total. The van der Waals surface area contributed by atoms with Crippen molar-refractivity contribution in [1.82, 2.24) is 5.32 Å². The lowest BCUT2D eigenvalue weighted by Gasteiger charge is -2.09. The Morgan fingerprint density at radius 3 is 2.88 bits per heavy atom. The lowest BCUT2D eigenvalue weighted by Crippen LogP contribution is -2.18. The van der Waals surface area contributed by atoms with E-state index in [1.54, 1.807) is 19.1 Å². The van der Waals surface area contributed by atoms with E-state index in [-0.39, 0.29) is 5.82 Å². The number of likely N-dealkylation sites (N-methyl/N-ethyl adjacent to an activating group) is 1. The summed E-state index contributed by atoms with van der Waals surface area (Å²) in [5, 5.41) is 3.15. The van der Waals surface area contributed by atoms with Crippen LogP contribution >= 0.6 is 0 Å². The smallest absolute Gasteiger partial charge is 0.129 e. The van der Waals surface area contributed by atoms with Crippen LogP contribution in [0.3, 0.4) is 0 Å². The Bertz CT molecular complexity index is 363. The molecule has 0 aliphatic carbocycles. The van der Waals surface area contributed by atoms with E-state index in [4.69, 9.17) is 4.74 Å². The van der Waals surface area contributed by atoms with Crippen molar-refractivity contribution in [2.45, 2.75) is 13.8 Å². The Hall–Kier alpha value is -1.35. The van der Waals surface area contributed by atoms with E-state index in [0.717, 1.165) is 18.7 Å². The summed E-state index contributed by atoms with van der Waals surface area (Å²) >= 11 is 0. The molecular weight excluding hydrogens is 205 g/mol. The summed E-state index contributed by atoms with van der Waals surface area (Å²) in [5.41, 5.74) is 1.57. The van der Waals surface area contributed by atoms with Gasteiger partial charge in [0.1, 0.15) is 18.2 Å². The lowest BCUT2D eigenvalue weighted by molar-refractivity contribution is 0.346. The highest BCUT2D eigenvalue weighted by atomic mass is 19.1. The standard InChI is InChI=1S/C13H18FNO/c1-4-15-8-10(2)9-16-12-6-5-11(3)13(14)7-12/h5-7,15H,2,4,8-9H2,1,3H3. The van der Waals surface area contributed by atoms with Crippen molar-refractivity contribution in [3.05, 3.63) is 41.7 Å². The Morgan fingerprint density at radius 1 is 1.50 bits per heavy atom. The number of halogens is 1. The van der Waals surface area contributed by atoms with Crippen LogP contribution in [0.15, 0.2) is 30.4 Å². The maximum atomic E-state index is 13.2. The van der Waals surface area contributed by atoms with Crippen LogP contribution in [0.2, 0.25) is 0 Å². The Morgan fingerprint density at radius 2 is 2.25 bits per heavy atom. The van der Waals surface area contributed by atoms with Crippen LogP contribution in [0.25, 0.3) is 0 Å². The molecule has 2 nitrogen and oxygen atoms in total. The van der Waals surface area contributed by atoms with Gasteiger partial charge >= 0.3 is 0 Å². The molecule has 0 amide bonds. The van der Waals surface area contributed by atoms with Gasteiger partial charge in [0.15, 0.2) is 0 Å². The number of rotatable bonds is 6. The van der Waals surface area contributed by atoms with E-state index < -0.39 is 0 Å². The van der Waals surface area contributed by atoms with Gasteiger partial charge in [-0.15, -0.1) is 0 Å². The number of hydrogen-bond donors (Lipinski definition) is 1. The Kier molecular flexibility index (Phi) is 4.99. The monoisotopic (exact) mass is 223 g/mol. The minimum atomic E-state index is -0.241. The summed E-state index contributed by atoms with van der Waals surface area (Å²) < 4.78 is 18.6. The molecule has 0 fully saturated rings. The molecular formula is C13H18FNO. The first-order chi connectivity index (χ1) is 7.63. The van der Waals surface area contributed by atoms with Crippen LogP contribution in [0, 0.1) is 12.7 Å². The number of aryl methyl sites for hydroxylation is 1. The molecule has 0 saturated heterocycles. The molecule has 1 rings (SSSR count). The fourth-order valence-electron chi connectivity index (χ4n) is 1.20. The van der Waals surface area contributed by atoms with Gasteiger partial charge in [0, 0.05) is 12.6 Å². The molecule has 16 heavy (non-hydrogen) atoms. The molecule has 0 spiro atoms. The van der Waals surface area contributed by atoms with E-state index in [1.807, 2.05) is 6.92 Å². The Labute approximate surface area is 96.1 Å². The first kappa shape index (κ1) is 12.7. The molecule has 0 saturated carbocycles. The van der Waals surface area contributed by atoms with Gasteiger partial charge in [-0.3, -0.25) is 0 Å². The average Bonchev–Trinajstić information content (AvgIpc) is 2.28. The van der Waals surface area contributed by atoms with Crippen molar-refractivity contribution in [1.29, 1.82) is 0 Å². The molecule has 0 unspecified atom stereocenters. The SMILES string of the molecule is C=C(CNCC)COc1ccc(C)c(F)c1. The van der Waals surface area contributed by atoms with Gasteiger partial charge in [-0.2, -0.15) is 0 Å². The van der Waals surface area contributed by atoms with Crippen LogP contribution in [-0.4, -0.2) is 19.7 Å². The summed E-state index contributed by atoms with van der Waals surface area (Å²) in [7, 11) is 0. The van der Waals surface area contributed by atoms with Gasteiger partial charge < -0.3 is 10.1 Å². The van der Waals surface area contributed by atoms with Crippen molar-refractivity contribution in [3.63, 3.8) is 0 Å². The highest BCUT2D eigenvalue weighted by Gasteiger charge is 2.01. The first-order valence-corrected chi connectivity index (χ1v) is 5.39.